The molecule has 1 aromatic heterocycles. The number of rotatable bonds is 3. The van der Waals surface area contributed by atoms with E-state index in [0.29, 0.717) is 24.5 Å². The molecule has 0 radical (unpaired) electrons. The molecule has 1 aliphatic heterocycles. The third-order valence-electron chi connectivity index (χ3n) is 4.54. The maximum absolute atomic E-state index is 12.6. The molecule has 3 aromatic rings. The van der Waals surface area contributed by atoms with Gasteiger partial charge in [-0.1, -0.05) is 52.7 Å². The molecule has 0 atom stereocenters. The number of hydrogen-bond acceptors (Lipinski definition) is 4. The number of halogens is 2. The third-order valence-corrected chi connectivity index (χ3v) is 6.22. The van der Waals surface area contributed by atoms with Crippen LogP contribution < -0.4 is 4.90 Å². The van der Waals surface area contributed by atoms with Gasteiger partial charge in [0.05, 0.1) is 16.6 Å². The number of fused-ring (bicyclic) bond motifs is 1. The Morgan fingerprint density at radius 2 is 1.85 bits per heavy atom. The van der Waals surface area contributed by atoms with E-state index in [1.165, 1.54) is 0 Å². The Kier molecular flexibility index (Phi) is 5.02. The molecule has 1 fully saturated rings. The van der Waals surface area contributed by atoms with Crippen LogP contribution in [0.2, 0.25) is 10.0 Å². The number of hydrogen-bond donors (Lipinski definition) is 0. The summed E-state index contributed by atoms with van der Waals surface area (Å²) in [5.41, 5.74) is 1.84. The Morgan fingerprint density at radius 3 is 2.62 bits per heavy atom. The van der Waals surface area contributed by atoms with E-state index in [9.17, 15) is 4.79 Å². The van der Waals surface area contributed by atoms with Crippen molar-refractivity contribution in [1.29, 1.82) is 0 Å². The van der Waals surface area contributed by atoms with Gasteiger partial charge in [-0.2, -0.15) is 0 Å². The maximum atomic E-state index is 12.6. The quantitative estimate of drug-likeness (QED) is 0.643. The number of amides is 1. The van der Waals surface area contributed by atoms with Crippen molar-refractivity contribution in [3.05, 3.63) is 58.1 Å². The van der Waals surface area contributed by atoms with Crippen LogP contribution in [0.5, 0.6) is 0 Å². The van der Waals surface area contributed by atoms with Gasteiger partial charge in [0.2, 0.25) is 5.91 Å². The predicted octanol–water partition coefficient (Wildman–Crippen LogP) is 4.49. The summed E-state index contributed by atoms with van der Waals surface area (Å²) >= 11 is 13.9. The average molecular weight is 406 g/mol. The van der Waals surface area contributed by atoms with Gasteiger partial charge >= 0.3 is 0 Å². The van der Waals surface area contributed by atoms with Gasteiger partial charge < -0.3 is 9.80 Å². The summed E-state index contributed by atoms with van der Waals surface area (Å²) in [5.74, 6) is 0.119. The van der Waals surface area contributed by atoms with Crippen molar-refractivity contribution in [2.45, 2.75) is 6.42 Å². The summed E-state index contributed by atoms with van der Waals surface area (Å²) < 4.78 is 1.09. The van der Waals surface area contributed by atoms with E-state index in [4.69, 9.17) is 28.2 Å². The number of anilines is 1. The molecule has 1 saturated heterocycles. The molecule has 0 saturated carbocycles. The minimum absolute atomic E-state index is 0.119. The second-order valence-electron chi connectivity index (χ2n) is 6.24. The first-order chi connectivity index (χ1) is 12.6. The molecule has 0 unspecified atom stereocenters. The summed E-state index contributed by atoms with van der Waals surface area (Å²) in [6.45, 7) is 2.95. The molecule has 4 rings (SSSR count). The number of benzene rings is 2. The lowest BCUT2D eigenvalue weighted by Gasteiger charge is -2.34. The first-order valence-electron chi connectivity index (χ1n) is 8.42. The highest BCUT2D eigenvalue weighted by atomic mass is 35.5. The van der Waals surface area contributed by atoms with Crippen molar-refractivity contribution in [2.75, 3.05) is 31.1 Å². The van der Waals surface area contributed by atoms with E-state index in [1.54, 1.807) is 11.3 Å². The van der Waals surface area contributed by atoms with Crippen molar-refractivity contribution >= 4 is 55.8 Å². The van der Waals surface area contributed by atoms with Crippen LogP contribution in [0.3, 0.4) is 0 Å². The van der Waals surface area contributed by atoms with Crippen molar-refractivity contribution in [1.82, 2.24) is 9.88 Å². The Morgan fingerprint density at radius 1 is 1.08 bits per heavy atom. The van der Waals surface area contributed by atoms with Gasteiger partial charge in [0, 0.05) is 36.2 Å². The molecule has 0 spiro atoms. The Hall–Kier alpha value is -1.82. The highest BCUT2D eigenvalue weighted by Gasteiger charge is 2.23. The summed E-state index contributed by atoms with van der Waals surface area (Å²) in [7, 11) is 0. The van der Waals surface area contributed by atoms with Crippen molar-refractivity contribution < 1.29 is 4.79 Å². The van der Waals surface area contributed by atoms with Crippen LogP contribution >= 0.6 is 34.5 Å². The molecule has 4 nitrogen and oxygen atoms in total. The number of carbonyl (C=O) groups is 1. The second-order valence-corrected chi connectivity index (χ2v) is 8.10. The fraction of sp³-hybridized carbons (Fsp3) is 0.263. The SMILES string of the molecule is O=C(Cc1ccccc1Cl)N1CCN(c2nc3ccc(Cl)cc3s2)CC1. The van der Waals surface area contributed by atoms with Gasteiger partial charge in [-0.3, -0.25) is 4.79 Å². The highest BCUT2D eigenvalue weighted by Crippen LogP contribution is 2.31. The van der Waals surface area contributed by atoms with Gasteiger partial charge in [-0.25, -0.2) is 4.98 Å². The number of aromatic nitrogens is 1. The molecule has 1 aliphatic rings. The van der Waals surface area contributed by atoms with E-state index in [1.807, 2.05) is 47.4 Å². The van der Waals surface area contributed by atoms with Crippen LogP contribution in [0, 0.1) is 0 Å². The smallest absolute Gasteiger partial charge is 0.227 e. The number of carbonyl (C=O) groups excluding carboxylic acids is 1. The molecule has 0 bridgehead atoms. The molecular weight excluding hydrogens is 389 g/mol. The molecule has 7 heteroatoms. The van der Waals surface area contributed by atoms with Gasteiger partial charge in [-0.05, 0) is 29.8 Å². The fourth-order valence-corrected chi connectivity index (χ4v) is 4.58. The normalized spacial score (nSPS) is 14.8. The number of nitrogens with zero attached hydrogens (tertiary/aromatic N) is 3. The lowest BCUT2D eigenvalue weighted by Crippen LogP contribution is -2.49. The van der Waals surface area contributed by atoms with Gasteiger partial charge in [0.1, 0.15) is 0 Å². The van der Waals surface area contributed by atoms with Crippen LogP contribution in [0.15, 0.2) is 42.5 Å². The van der Waals surface area contributed by atoms with E-state index in [2.05, 4.69) is 4.90 Å². The zero-order chi connectivity index (χ0) is 18.1. The molecular formula is C19H17Cl2N3OS. The standard InChI is InChI=1S/C19H17Cl2N3OS/c20-14-5-6-16-17(12-14)26-19(22-16)24-9-7-23(8-10-24)18(25)11-13-3-1-2-4-15(13)21/h1-6,12H,7-11H2. The molecule has 0 aliphatic carbocycles. The van der Waals surface area contributed by atoms with Crippen LogP contribution in [0.1, 0.15) is 5.56 Å². The van der Waals surface area contributed by atoms with E-state index >= 15 is 0 Å². The molecule has 2 aromatic carbocycles. The Labute approximate surface area is 166 Å². The Balaban J connectivity index is 1.40. The first kappa shape index (κ1) is 17.6. The summed E-state index contributed by atoms with van der Waals surface area (Å²) in [4.78, 5) is 21.4. The van der Waals surface area contributed by atoms with Crippen LogP contribution in [0.4, 0.5) is 5.13 Å². The Bertz CT molecular complexity index is 951. The number of thiazole rings is 1. The molecule has 0 N–H and O–H groups in total. The molecule has 1 amide bonds. The first-order valence-corrected chi connectivity index (χ1v) is 9.99. The van der Waals surface area contributed by atoms with Gasteiger partial charge in [0.25, 0.3) is 0 Å². The topological polar surface area (TPSA) is 36.4 Å². The zero-order valence-corrected chi connectivity index (χ0v) is 16.3. The monoisotopic (exact) mass is 405 g/mol. The molecule has 26 heavy (non-hydrogen) atoms. The minimum atomic E-state index is 0.119. The van der Waals surface area contributed by atoms with E-state index in [0.717, 1.165) is 39.0 Å². The summed E-state index contributed by atoms with van der Waals surface area (Å²) in [5, 5.41) is 2.36. The van der Waals surface area contributed by atoms with E-state index in [-0.39, 0.29) is 5.91 Å². The molecule has 2 heterocycles. The lowest BCUT2D eigenvalue weighted by atomic mass is 10.1. The van der Waals surface area contributed by atoms with Gasteiger partial charge in [-0.15, -0.1) is 0 Å². The van der Waals surface area contributed by atoms with Crippen LogP contribution in [-0.2, 0) is 11.2 Å². The van der Waals surface area contributed by atoms with Crippen molar-refractivity contribution in [3.8, 4) is 0 Å². The largest absolute Gasteiger partial charge is 0.345 e. The summed E-state index contributed by atoms with van der Waals surface area (Å²) in [6.07, 6.45) is 0.347. The predicted molar refractivity (Wildman–Crippen MR) is 109 cm³/mol. The maximum Gasteiger partial charge on any atom is 0.227 e. The third kappa shape index (κ3) is 3.65. The second kappa shape index (κ2) is 7.43. The van der Waals surface area contributed by atoms with Crippen LogP contribution in [-0.4, -0.2) is 42.0 Å². The summed E-state index contributed by atoms with van der Waals surface area (Å²) in [6, 6.07) is 13.3. The zero-order valence-electron chi connectivity index (χ0n) is 14.0. The minimum Gasteiger partial charge on any atom is -0.345 e. The van der Waals surface area contributed by atoms with Crippen molar-refractivity contribution in [2.24, 2.45) is 0 Å². The number of piperazine rings is 1. The fourth-order valence-electron chi connectivity index (χ4n) is 3.09. The average Bonchev–Trinajstić information content (AvgIpc) is 3.07. The molecule has 134 valence electrons. The van der Waals surface area contributed by atoms with Crippen molar-refractivity contribution in [3.63, 3.8) is 0 Å². The van der Waals surface area contributed by atoms with Crippen LogP contribution in [0.25, 0.3) is 10.2 Å². The van der Waals surface area contributed by atoms with E-state index < -0.39 is 0 Å². The highest BCUT2D eigenvalue weighted by molar-refractivity contribution is 7.22. The lowest BCUT2D eigenvalue weighted by molar-refractivity contribution is -0.130. The van der Waals surface area contributed by atoms with Gasteiger partial charge in [0.15, 0.2) is 5.13 Å².